The summed E-state index contributed by atoms with van der Waals surface area (Å²) in [6, 6.07) is 19.5. The second-order valence-electron chi connectivity index (χ2n) is 8.86. The Morgan fingerprint density at radius 3 is 2.35 bits per heavy atom. The van der Waals surface area contributed by atoms with Crippen LogP contribution in [-0.4, -0.2) is 49.2 Å². The molecule has 0 saturated carbocycles. The van der Waals surface area contributed by atoms with Gasteiger partial charge in [0.15, 0.2) is 5.79 Å². The van der Waals surface area contributed by atoms with E-state index in [0.717, 1.165) is 31.6 Å². The van der Waals surface area contributed by atoms with E-state index in [4.69, 9.17) is 18.9 Å². The summed E-state index contributed by atoms with van der Waals surface area (Å²) in [5.41, 5.74) is 2.50. The molecule has 5 nitrogen and oxygen atoms in total. The number of rotatable bonds is 8. The van der Waals surface area contributed by atoms with Crippen molar-refractivity contribution in [2.45, 2.75) is 70.2 Å². The van der Waals surface area contributed by atoms with Crippen molar-refractivity contribution in [2.24, 2.45) is 0 Å². The van der Waals surface area contributed by atoms with Crippen LogP contribution in [0.1, 0.15) is 44.2 Å². The molecule has 0 aromatic heterocycles. The topological polar surface area (TPSA) is 40.2 Å². The summed E-state index contributed by atoms with van der Waals surface area (Å²) in [4.78, 5) is 2.58. The first-order valence-electron chi connectivity index (χ1n) is 11.4. The molecular formula is C26H35NO4. The summed E-state index contributed by atoms with van der Waals surface area (Å²) in [5, 5.41) is 0. The van der Waals surface area contributed by atoms with Crippen molar-refractivity contribution in [1.82, 2.24) is 4.90 Å². The normalized spacial score (nSPS) is 26.1. The van der Waals surface area contributed by atoms with Crippen molar-refractivity contribution in [1.29, 1.82) is 0 Å². The largest absolute Gasteiger partial charge is 0.497 e. The van der Waals surface area contributed by atoms with Gasteiger partial charge in [-0.15, -0.1) is 0 Å². The SMILES string of the molecule is COc1ccc(CN2[C@@H](CC3(C)OCCO3)CC[C@@H](OCc3ccccc3)[C@H]2C)cc1. The lowest BCUT2D eigenvalue weighted by Gasteiger charge is -2.46. The lowest BCUT2D eigenvalue weighted by atomic mass is 9.89. The molecule has 0 bridgehead atoms. The van der Waals surface area contributed by atoms with E-state index in [1.165, 1.54) is 11.1 Å². The molecule has 2 aliphatic heterocycles. The van der Waals surface area contributed by atoms with Gasteiger partial charge >= 0.3 is 0 Å². The van der Waals surface area contributed by atoms with Crippen LogP contribution >= 0.6 is 0 Å². The maximum Gasteiger partial charge on any atom is 0.167 e. The van der Waals surface area contributed by atoms with Crippen molar-refractivity contribution in [3.63, 3.8) is 0 Å². The zero-order chi connectivity index (χ0) is 21.7. The fraction of sp³-hybridized carbons (Fsp3) is 0.538. The molecule has 2 fully saturated rings. The molecule has 31 heavy (non-hydrogen) atoms. The van der Waals surface area contributed by atoms with E-state index >= 15 is 0 Å². The molecule has 2 saturated heterocycles. The number of benzene rings is 2. The van der Waals surface area contributed by atoms with Gasteiger partial charge in [0, 0.05) is 25.0 Å². The maximum absolute atomic E-state index is 6.41. The van der Waals surface area contributed by atoms with Crippen LogP contribution in [0.2, 0.25) is 0 Å². The van der Waals surface area contributed by atoms with Crippen molar-refractivity contribution < 1.29 is 18.9 Å². The maximum atomic E-state index is 6.41. The van der Waals surface area contributed by atoms with Gasteiger partial charge < -0.3 is 18.9 Å². The molecule has 0 unspecified atom stereocenters. The van der Waals surface area contributed by atoms with Crippen LogP contribution in [0.25, 0.3) is 0 Å². The van der Waals surface area contributed by atoms with Crippen LogP contribution in [0, 0.1) is 0 Å². The Hall–Kier alpha value is -1.92. The van der Waals surface area contributed by atoms with Crippen LogP contribution in [0.3, 0.4) is 0 Å². The van der Waals surface area contributed by atoms with Crippen molar-refractivity contribution in [3.05, 3.63) is 65.7 Å². The molecule has 0 N–H and O–H groups in total. The third-order valence-corrected chi connectivity index (χ3v) is 6.65. The average molecular weight is 426 g/mol. The number of methoxy groups -OCH3 is 1. The van der Waals surface area contributed by atoms with Gasteiger partial charge in [-0.3, -0.25) is 4.90 Å². The Bertz CT molecular complexity index is 804. The summed E-state index contributed by atoms with van der Waals surface area (Å²) in [6.45, 7) is 7.26. The van der Waals surface area contributed by atoms with Crippen LogP contribution < -0.4 is 4.74 Å². The molecule has 4 rings (SSSR count). The molecule has 0 aliphatic carbocycles. The predicted octanol–water partition coefficient (Wildman–Crippen LogP) is 4.79. The average Bonchev–Trinajstić information content (AvgIpc) is 3.23. The van der Waals surface area contributed by atoms with Crippen molar-refractivity contribution in [3.8, 4) is 5.75 Å². The second-order valence-corrected chi connectivity index (χ2v) is 8.86. The summed E-state index contributed by atoms with van der Waals surface area (Å²) >= 11 is 0. The molecule has 168 valence electrons. The van der Waals surface area contributed by atoms with Crippen LogP contribution in [0.5, 0.6) is 5.75 Å². The first kappa shape index (κ1) is 22.3. The molecule has 2 aromatic rings. The number of ether oxygens (including phenoxy) is 4. The third kappa shape index (κ3) is 5.66. The van der Waals surface area contributed by atoms with E-state index in [9.17, 15) is 0 Å². The highest BCUT2D eigenvalue weighted by Crippen LogP contribution is 2.35. The van der Waals surface area contributed by atoms with Crippen LogP contribution in [0.15, 0.2) is 54.6 Å². The number of piperidine rings is 1. The zero-order valence-corrected chi connectivity index (χ0v) is 19.0. The Balaban J connectivity index is 1.47. The molecule has 0 amide bonds. The Kier molecular flexibility index (Phi) is 7.28. The molecular weight excluding hydrogens is 390 g/mol. The van der Waals surface area contributed by atoms with Crippen LogP contribution in [-0.2, 0) is 27.4 Å². The van der Waals surface area contributed by atoms with Crippen molar-refractivity contribution >= 4 is 0 Å². The Morgan fingerprint density at radius 1 is 0.968 bits per heavy atom. The smallest absolute Gasteiger partial charge is 0.167 e. The van der Waals surface area contributed by atoms with E-state index in [1.807, 2.05) is 18.2 Å². The molecule has 3 atom stereocenters. The van der Waals surface area contributed by atoms with E-state index in [0.29, 0.717) is 31.9 Å². The van der Waals surface area contributed by atoms with Gasteiger partial charge in [-0.05, 0) is 49.9 Å². The van der Waals surface area contributed by atoms with E-state index in [2.05, 4.69) is 55.1 Å². The van der Waals surface area contributed by atoms with Gasteiger partial charge in [-0.1, -0.05) is 42.5 Å². The number of hydrogen-bond acceptors (Lipinski definition) is 5. The fourth-order valence-electron chi connectivity index (χ4n) is 4.85. The van der Waals surface area contributed by atoms with Gasteiger partial charge in [-0.25, -0.2) is 0 Å². The van der Waals surface area contributed by atoms with Crippen molar-refractivity contribution in [2.75, 3.05) is 20.3 Å². The molecule has 0 spiro atoms. The number of likely N-dealkylation sites (tertiary alicyclic amines) is 1. The summed E-state index contributed by atoms with van der Waals surface area (Å²) in [7, 11) is 1.70. The summed E-state index contributed by atoms with van der Waals surface area (Å²) in [6.07, 6.45) is 3.20. The summed E-state index contributed by atoms with van der Waals surface area (Å²) < 4.78 is 23.6. The highest BCUT2D eigenvalue weighted by atomic mass is 16.7. The highest BCUT2D eigenvalue weighted by Gasteiger charge is 2.41. The fourth-order valence-corrected chi connectivity index (χ4v) is 4.85. The predicted molar refractivity (Wildman–Crippen MR) is 121 cm³/mol. The zero-order valence-electron chi connectivity index (χ0n) is 19.0. The van der Waals surface area contributed by atoms with Gasteiger partial charge in [0.25, 0.3) is 0 Å². The van der Waals surface area contributed by atoms with Gasteiger partial charge in [0.2, 0.25) is 0 Å². The quantitative estimate of drug-likeness (QED) is 0.608. The minimum atomic E-state index is -0.486. The molecule has 2 heterocycles. The van der Waals surface area contributed by atoms with Crippen LogP contribution in [0.4, 0.5) is 0 Å². The van der Waals surface area contributed by atoms with E-state index in [1.54, 1.807) is 7.11 Å². The summed E-state index contributed by atoms with van der Waals surface area (Å²) in [5.74, 6) is 0.400. The first-order chi connectivity index (χ1) is 15.1. The van der Waals surface area contributed by atoms with Gasteiger partial charge in [0.05, 0.1) is 33.0 Å². The number of hydrogen-bond donors (Lipinski definition) is 0. The minimum Gasteiger partial charge on any atom is -0.497 e. The molecule has 2 aliphatic rings. The monoisotopic (exact) mass is 425 g/mol. The standard InChI is InChI=1S/C26H35NO4/c1-20-25(29-19-22-7-5-4-6-8-22)14-11-23(17-26(2)30-15-16-31-26)27(20)18-21-9-12-24(28-3)13-10-21/h4-10,12-13,20,23,25H,11,14-19H2,1-3H3/t20-,23-,25-/m1/s1. The molecule has 2 aromatic carbocycles. The second kappa shape index (κ2) is 10.1. The number of nitrogens with zero attached hydrogens (tertiary/aromatic N) is 1. The third-order valence-electron chi connectivity index (χ3n) is 6.65. The van der Waals surface area contributed by atoms with Gasteiger partial charge in [0.1, 0.15) is 5.75 Å². The van der Waals surface area contributed by atoms with E-state index in [-0.39, 0.29) is 6.10 Å². The lowest BCUT2D eigenvalue weighted by molar-refractivity contribution is -0.169. The molecule has 0 radical (unpaired) electrons. The van der Waals surface area contributed by atoms with Gasteiger partial charge in [-0.2, -0.15) is 0 Å². The first-order valence-corrected chi connectivity index (χ1v) is 11.4. The minimum absolute atomic E-state index is 0.202. The highest BCUT2D eigenvalue weighted by molar-refractivity contribution is 5.27. The van der Waals surface area contributed by atoms with E-state index < -0.39 is 5.79 Å². The Morgan fingerprint density at radius 2 is 1.68 bits per heavy atom. The Labute approximate surface area is 186 Å². The molecule has 5 heteroatoms. The lowest BCUT2D eigenvalue weighted by Crippen LogP contribution is -2.54.